The second kappa shape index (κ2) is 41.5. The minimum absolute atomic E-state index is 0.00726. The lowest BCUT2D eigenvalue weighted by molar-refractivity contribution is -0.138. The zero-order chi connectivity index (χ0) is 87.2. The van der Waals surface area contributed by atoms with Crippen LogP contribution in [0.3, 0.4) is 0 Å². The van der Waals surface area contributed by atoms with E-state index in [1.807, 2.05) is 52.0 Å². The summed E-state index contributed by atoms with van der Waals surface area (Å²) in [5.41, 5.74) is -1.05. The molecular weight excluding hydrogens is 1580 g/mol. The molecule has 0 aliphatic rings. The highest BCUT2D eigenvalue weighted by atomic mass is 19.4. The van der Waals surface area contributed by atoms with Crippen LogP contribution in [0.4, 0.5) is 52.7 Å². The van der Waals surface area contributed by atoms with Crippen molar-refractivity contribution in [3.63, 3.8) is 0 Å². The van der Waals surface area contributed by atoms with Crippen molar-refractivity contribution in [2.24, 2.45) is 0 Å². The van der Waals surface area contributed by atoms with Gasteiger partial charge in [0.15, 0.2) is 0 Å². The van der Waals surface area contributed by atoms with Gasteiger partial charge in [-0.25, -0.2) is 0 Å². The number of halogens is 12. The first-order valence-electron chi connectivity index (χ1n) is 38.7. The lowest BCUT2D eigenvalue weighted by atomic mass is 10.0. The van der Waals surface area contributed by atoms with E-state index < -0.39 is 59.2 Å². The fraction of sp³-hybridized carbons (Fsp3) is 0.269. The van der Waals surface area contributed by atoms with Crippen LogP contribution in [0.5, 0.6) is 46.0 Å². The van der Waals surface area contributed by atoms with Gasteiger partial charge < -0.3 is 55.5 Å². The fourth-order valence-corrected chi connectivity index (χ4v) is 12.6. The standard InChI is InChI=1S/C24H24F3NO3.2C23H22F3NO3.C23H22F3NO2/c1-2-4-19(13-14-29)28-23(30)17-7-12-21-16(15-17)5-3-6-22(21)31-20-10-8-18(9-11-20)24(25,26)27;2*1-3-20(28)14(2)27-22(29)16-7-12-19-15(13-16)5-4-6-21(19)30-18-10-8-17(9-11-18)23(24,25)26;1-3-5-15(2)27-22(28)17-8-13-20-16(14-17)6-4-7-21(20)29-19-11-9-18(10-12-19)23(24,25)26/h3,5-12,15,19,29H,2,4,13-14H2,1H3,(H,28,30);2*4-14,20,28H,3H2,1-2H3,(H,27,29);4,6-15H,3,5H2,1-2H3,(H,27,28)/t;14-,20+;14-,20-;15-/m.110/s1. The highest BCUT2D eigenvalue weighted by Crippen LogP contribution is 2.40. The van der Waals surface area contributed by atoms with Crippen molar-refractivity contribution in [1.29, 1.82) is 0 Å². The average Bonchev–Trinajstić information content (AvgIpc) is 0.810. The van der Waals surface area contributed by atoms with Gasteiger partial charge in [0.25, 0.3) is 23.6 Å². The number of hydrogen-bond acceptors (Lipinski definition) is 11. The maximum absolute atomic E-state index is 12.7. The Kier molecular flexibility index (Phi) is 31.7. The number of carbonyl (C=O) groups is 4. The molecule has 0 aliphatic carbocycles. The zero-order valence-corrected chi connectivity index (χ0v) is 66.4. The van der Waals surface area contributed by atoms with E-state index in [0.29, 0.717) is 70.3 Å². The van der Waals surface area contributed by atoms with E-state index in [9.17, 15) is 87.2 Å². The summed E-state index contributed by atoms with van der Waals surface area (Å²) in [4.78, 5) is 50.0. The molecule has 120 heavy (non-hydrogen) atoms. The molecule has 15 nitrogen and oxygen atoms in total. The first kappa shape index (κ1) is 91.7. The molecule has 632 valence electrons. The molecule has 0 fully saturated rings. The Labute approximate surface area is 685 Å². The smallest absolute Gasteiger partial charge is 0.416 e. The Morgan fingerprint density at radius 2 is 0.575 bits per heavy atom. The van der Waals surface area contributed by atoms with Gasteiger partial charge in [-0.1, -0.05) is 89.1 Å². The average molecular weight is 1670 g/mol. The van der Waals surface area contributed by atoms with Crippen molar-refractivity contribution in [3.05, 3.63) is 287 Å². The summed E-state index contributed by atoms with van der Waals surface area (Å²) < 4.78 is 176. The van der Waals surface area contributed by atoms with E-state index in [4.69, 9.17) is 18.9 Å². The molecule has 0 radical (unpaired) electrons. The summed E-state index contributed by atoms with van der Waals surface area (Å²) in [5.74, 6) is 2.11. The third-order valence-electron chi connectivity index (χ3n) is 19.3. The number of amides is 4. The van der Waals surface area contributed by atoms with Crippen molar-refractivity contribution < 1.29 is 106 Å². The van der Waals surface area contributed by atoms with E-state index in [2.05, 4.69) is 28.2 Å². The first-order chi connectivity index (χ1) is 57.0. The second-order valence-electron chi connectivity index (χ2n) is 28.4. The second-order valence-corrected chi connectivity index (χ2v) is 28.4. The molecule has 0 heterocycles. The molecule has 0 saturated heterocycles. The highest BCUT2D eigenvalue weighted by Gasteiger charge is 2.34. The molecule has 0 aliphatic heterocycles. The molecule has 0 spiro atoms. The van der Waals surface area contributed by atoms with Gasteiger partial charge in [0.05, 0.1) is 46.5 Å². The van der Waals surface area contributed by atoms with Crippen LogP contribution in [-0.4, -0.2) is 81.9 Å². The third-order valence-corrected chi connectivity index (χ3v) is 19.3. The molecule has 0 aromatic heterocycles. The number of alkyl halides is 12. The van der Waals surface area contributed by atoms with Crippen LogP contribution in [-0.2, 0) is 24.7 Å². The van der Waals surface area contributed by atoms with Crippen molar-refractivity contribution in [1.82, 2.24) is 21.3 Å². The highest BCUT2D eigenvalue weighted by molar-refractivity contribution is 6.03. The van der Waals surface area contributed by atoms with Crippen LogP contribution < -0.4 is 40.2 Å². The van der Waals surface area contributed by atoms with Crippen LogP contribution in [0, 0.1) is 0 Å². The van der Waals surface area contributed by atoms with E-state index >= 15 is 0 Å². The predicted octanol–water partition coefficient (Wildman–Crippen LogP) is 23.6. The van der Waals surface area contributed by atoms with E-state index in [0.717, 1.165) is 117 Å². The van der Waals surface area contributed by atoms with Crippen LogP contribution in [0.2, 0.25) is 0 Å². The summed E-state index contributed by atoms with van der Waals surface area (Å²) in [6.07, 6.45) is -13.7. The Bertz CT molecular complexity index is 5260. The molecule has 6 atom stereocenters. The predicted molar refractivity (Wildman–Crippen MR) is 438 cm³/mol. The Morgan fingerprint density at radius 1 is 0.325 bits per heavy atom. The van der Waals surface area contributed by atoms with Crippen LogP contribution in [0.25, 0.3) is 43.1 Å². The molecule has 12 rings (SSSR count). The number of ether oxygens (including phenoxy) is 4. The summed E-state index contributed by atoms with van der Waals surface area (Å²) in [6, 6.07) is 59.1. The summed E-state index contributed by atoms with van der Waals surface area (Å²) in [7, 11) is 0. The van der Waals surface area contributed by atoms with E-state index in [1.54, 1.807) is 135 Å². The number of nitrogens with one attached hydrogen (secondary N) is 4. The van der Waals surface area contributed by atoms with Gasteiger partial charge in [-0.05, 0) is 269 Å². The van der Waals surface area contributed by atoms with E-state index in [-0.39, 0.29) is 71.7 Å². The van der Waals surface area contributed by atoms with Crippen molar-refractivity contribution in [3.8, 4) is 46.0 Å². The Morgan fingerprint density at radius 3 is 0.808 bits per heavy atom. The lowest BCUT2D eigenvalue weighted by Gasteiger charge is -2.19. The SMILES string of the molecule is CCCC(CCO)NC(=O)c1ccc2c(Oc3ccc(C(F)(F)F)cc3)cccc2c1.CCC[C@H](C)NC(=O)c1ccc2c(Oc3ccc(C(F)(F)F)cc3)cccc2c1.CC[C@@H](O)[C@@H](C)NC(=O)c1ccc2c(Oc3ccc(C(F)(F)F)cc3)cccc2c1.CC[C@H](O)[C@@H](C)NC(=O)c1ccc2c(Oc3ccc(C(F)(F)F)cc3)cccc2c1. The number of fused-ring (bicyclic) bond motifs is 4. The van der Waals surface area contributed by atoms with Gasteiger partial charge in [-0.15, -0.1) is 0 Å². The first-order valence-corrected chi connectivity index (χ1v) is 38.7. The lowest BCUT2D eigenvalue weighted by Crippen LogP contribution is -2.40. The molecule has 0 saturated carbocycles. The minimum atomic E-state index is -4.40. The van der Waals surface area contributed by atoms with Crippen molar-refractivity contribution in [2.75, 3.05) is 6.61 Å². The maximum Gasteiger partial charge on any atom is 0.416 e. The molecule has 12 aromatic rings. The van der Waals surface area contributed by atoms with Gasteiger partial charge in [-0.2, -0.15) is 52.7 Å². The van der Waals surface area contributed by atoms with Gasteiger partial charge in [-0.3, -0.25) is 19.2 Å². The van der Waals surface area contributed by atoms with E-state index in [1.165, 1.54) is 48.5 Å². The van der Waals surface area contributed by atoms with Gasteiger partial charge >= 0.3 is 24.7 Å². The monoisotopic (exact) mass is 1670 g/mol. The van der Waals surface area contributed by atoms with Gasteiger partial charge in [0.1, 0.15) is 46.0 Å². The van der Waals surface area contributed by atoms with Crippen LogP contribution >= 0.6 is 0 Å². The number of benzene rings is 12. The number of aliphatic hydroxyl groups excluding tert-OH is 3. The summed E-state index contributed by atoms with van der Waals surface area (Å²) in [5, 5.41) is 46.3. The molecule has 1 unspecified atom stereocenters. The largest absolute Gasteiger partial charge is 0.457 e. The van der Waals surface area contributed by atoms with Gasteiger partial charge in [0, 0.05) is 62.5 Å². The fourth-order valence-electron chi connectivity index (χ4n) is 12.6. The zero-order valence-electron chi connectivity index (χ0n) is 66.4. The Balaban J connectivity index is 0.000000182. The van der Waals surface area contributed by atoms with Crippen LogP contribution in [0.15, 0.2) is 243 Å². The van der Waals surface area contributed by atoms with Crippen molar-refractivity contribution >= 4 is 66.7 Å². The number of rotatable bonds is 26. The quantitative estimate of drug-likeness (QED) is 0.0253. The minimum Gasteiger partial charge on any atom is -0.457 e. The van der Waals surface area contributed by atoms with Crippen molar-refractivity contribution in [2.45, 2.75) is 154 Å². The summed E-state index contributed by atoms with van der Waals surface area (Å²) >= 11 is 0. The van der Waals surface area contributed by atoms with Crippen LogP contribution in [0.1, 0.15) is 157 Å². The number of carbonyl (C=O) groups excluding carboxylic acids is 4. The molecule has 12 aromatic carbocycles. The molecule has 27 heteroatoms. The third kappa shape index (κ3) is 25.7. The number of aliphatic hydroxyl groups is 3. The molecule has 0 bridgehead atoms. The molecule has 4 amide bonds. The Hall–Kier alpha value is -12.2. The van der Waals surface area contributed by atoms with Gasteiger partial charge in [0.2, 0.25) is 0 Å². The molecular formula is C93H90F12N4O11. The number of hydrogen-bond donors (Lipinski definition) is 7. The topological polar surface area (TPSA) is 214 Å². The normalized spacial score (nSPS) is 13.1. The molecule has 7 N–H and O–H groups in total. The maximum atomic E-state index is 12.7. The summed E-state index contributed by atoms with van der Waals surface area (Å²) in [6.45, 7) is 13.2.